The van der Waals surface area contributed by atoms with Crippen molar-refractivity contribution in [3.05, 3.63) is 35.6 Å². The van der Waals surface area contributed by atoms with Gasteiger partial charge < -0.3 is 15.0 Å². The summed E-state index contributed by atoms with van der Waals surface area (Å²) < 4.78 is 18.1. The molecule has 5 heteroatoms. The van der Waals surface area contributed by atoms with Crippen molar-refractivity contribution < 1.29 is 13.9 Å². The van der Waals surface area contributed by atoms with Crippen LogP contribution >= 0.6 is 0 Å². The van der Waals surface area contributed by atoms with E-state index in [1.54, 1.807) is 11.0 Å². The molecular weight excluding hydrogens is 247 g/mol. The lowest BCUT2D eigenvalue weighted by Crippen LogP contribution is -2.44. The fourth-order valence-corrected chi connectivity index (χ4v) is 2.05. The van der Waals surface area contributed by atoms with Crippen LogP contribution in [0.4, 0.5) is 4.39 Å². The Kier molecular flexibility index (Phi) is 5.30. The Bertz CT molecular complexity index is 420. The monoisotopic (exact) mass is 266 g/mol. The highest BCUT2D eigenvalue weighted by Crippen LogP contribution is 2.03. The number of nitrogens with zero attached hydrogens (tertiary/aromatic N) is 1. The fraction of sp³-hybridized carbons (Fsp3) is 0.500. The Balaban J connectivity index is 1.65. The zero-order valence-electron chi connectivity index (χ0n) is 10.9. The number of carbonyl (C=O) groups is 1. The summed E-state index contributed by atoms with van der Waals surface area (Å²) in [6.07, 6.45) is 0.716. The molecule has 1 heterocycles. The second kappa shape index (κ2) is 7.21. The van der Waals surface area contributed by atoms with Crippen LogP contribution in [0.3, 0.4) is 0 Å². The van der Waals surface area contributed by atoms with Gasteiger partial charge in [-0.2, -0.15) is 0 Å². The van der Waals surface area contributed by atoms with E-state index < -0.39 is 0 Å². The van der Waals surface area contributed by atoms with E-state index in [4.69, 9.17) is 4.74 Å². The second-order valence-corrected chi connectivity index (χ2v) is 4.55. The van der Waals surface area contributed by atoms with Gasteiger partial charge in [-0.1, -0.05) is 12.1 Å². The molecule has 1 aliphatic rings. The maximum absolute atomic E-state index is 13.0. The summed E-state index contributed by atoms with van der Waals surface area (Å²) in [5.41, 5.74) is 0.936. The molecule has 0 aromatic heterocycles. The second-order valence-electron chi connectivity index (χ2n) is 4.55. The maximum atomic E-state index is 13.0. The first-order valence-corrected chi connectivity index (χ1v) is 6.56. The number of nitrogens with one attached hydrogen (secondary N) is 1. The lowest BCUT2D eigenvalue weighted by Gasteiger charge is -2.26. The van der Waals surface area contributed by atoms with Crippen LogP contribution in [0.15, 0.2) is 24.3 Å². The Morgan fingerprint density at radius 3 is 2.89 bits per heavy atom. The van der Waals surface area contributed by atoms with Crippen LogP contribution in [-0.4, -0.2) is 50.2 Å². The first-order chi connectivity index (χ1) is 9.25. The van der Waals surface area contributed by atoms with E-state index in [1.165, 1.54) is 12.1 Å². The molecule has 2 rings (SSSR count). The molecule has 1 saturated heterocycles. The number of hydrogen-bond donors (Lipinski definition) is 1. The van der Waals surface area contributed by atoms with Crippen molar-refractivity contribution in [1.29, 1.82) is 0 Å². The van der Waals surface area contributed by atoms with Crippen LogP contribution in [-0.2, 0) is 16.0 Å². The van der Waals surface area contributed by atoms with E-state index in [0.717, 1.165) is 5.56 Å². The average Bonchev–Trinajstić information content (AvgIpc) is 2.44. The van der Waals surface area contributed by atoms with Gasteiger partial charge >= 0.3 is 0 Å². The van der Waals surface area contributed by atoms with Crippen molar-refractivity contribution in [2.45, 2.75) is 6.42 Å². The van der Waals surface area contributed by atoms with Crippen molar-refractivity contribution in [3.63, 3.8) is 0 Å². The highest BCUT2D eigenvalue weighted by Gasteiger charge is 2.15. The van der Waals surface area contributed by atoms with Crippen molar-refractivity contribution in [1.82, 2.24) is 10.2 Å². The molecule has 0 atom stereocenters. The highest BCUT2D eigenvalue weighted by molar-refractivity contribution is 5.78. The van der Waals surface area contributed by atoms with E-state index in [-0.39, 0.29) is 11.7 Å². The van der Waals surface area contributed by atoms with Gasteiger partial charge in [0.05, 0.1) is 19.8 Å². The zero-order chi connectivity index (χ0) is 13.5. The SMILES string of the molecule is O=C(CNCCc1cccc(F)c1)N1CCOCC1. The zero-order valence-corrected chi connectivity index (χ0v) is 10.9. The summed E-state index contributed by atoms with van der Waals surface area (Å²) >= 11 is 0. The van der Waals surface area contributed by atoms with E-state index in [2.05, 4.69) is 5.32 Å². The van der Waals surface area contributed by atoms with Gasteiger partial charge in [0.15, 0.2) is 0 Å². The molecule has 0 unspecified atom stereocenters. The van der Waals surface area contributed by atoms with Crippen molar-refractivity contribution >= 4 is 5.91 Å². The first-order valence-electron chi connectivity index (χ1n) is 6.56. The largest absolute Gasteiger partial charge is 0.378 e. The van der Waals surface area contributed by atoms with Crippen molar-refractivity contribution in [2.24, 2.45) is 0 Å². The van der Waals surface area contributed by atoms with Gasteiger partial charge in [0.1, 0.15) is 5.82 Å². The predicted molar refractivity (Wildman–Crippen MR) is 70.4 cm³/mol. The molecule has 1 aromatic carbocycles. The predicted octanol–water partition coefficient (Wildman–Crippen LogP) is 0.817. The molecule has 1 aliphatic heterocycles. The van der Waals surface area contributed by atoms with Gasteiger partial charge in [-0.15, -0.1) is 0 Å². The van der Waals surface area contributed by atoms with Gasteiger partial charge in [0, 0.05) is 13.1 Å². The Morgan fingerprint density at radius 1 is 1.37 bits per heavy atom. The third-order valence-electron chi connectivity index (χ3n) is 3.12. The topological polar surface area (TPSA) is 41.6 Å². The lowest BCUT2D eigenvalue weighted by atomic mass is 10.1. The van der Waals surface area contributed by atoms with E-state index in [9.17, 15) is 9.18 Å². The molecule has 0 bridgehead atoms. The summed E-state index contributed by atoms with van der Waals surface area (Å²) in [6.45, 7) is 3.58. The summed E-state index contributed by atoms with van der Waals surface area (Å²) in [7, 11) is 0. The smallest absolute Gasteiger partial charge is 0.236 e. The van der Waals surface area contributed by atoms with E-state index in [1.807, 2.05) is 6.07 Å². The van der Waals surface area contributed by atoms with E-state index in [0.29, 0.717) is 45.8 Å². The van der Waals surface area contributed by atoms with Crippen LogP contribution in [0.1, 0.15) is 5.56 Å². The van der Waals surface area contributed by atoms with Gasteiger partial charge in [0.25, 0.3) is 0 Å². The standard InChI is InChI=1S/C14H19FN2O2/c15-13-3-1-2-12(10-13)4-5-16-11-14(18)17-6-8-19-9-7-17/h1-3,10,16H,4-9,11H2. The molecule has 19 heavy (non-hydrogen) atoms. The van der Waals surface area contributed by atoms with Crippen molar-refractivity contribution in [2.75, 3.05) is 39.4 Å². The fourth-order valence-electron chi connectivity index (χ4n) is 2.05. The average molecular weight is 266 g/mol. The van der Waals surface area contributed by atoms with Crippen LogP contribution in [0.5, 0.6) is 0 Å². The first kappa shape index (κ1) is 14.0. The molecule has 1 fully saturated rings. The number of ether oxygens (including phenoxy) is 1. The van der Waals surface area contributed by atoms with Crippen LogP contribution in [0.25, 0.3) is 0 Å². The van der Waals surface area contributed by atoms with Crippen molar-refractivity contribution in [3.8, 4) is 0 Å². The van der Waals surface area contributed by atoms with E-state index >= 15 is 0 Å². The molecule has 0 aliphatic carbocycles. The molecule has 0 spiro atoms. The maximum Gasteiger partial charge on any atom is 0.236 e. The third kappa shape index (κ3) is 4.61. The number of carbonyl (C=O) groups excluding carboxylic acids is 1. The van der Waals surface area contributed by atoms with Gasteiger partial charge in [0.2, 0.25) is 5.91 Å². The molecule has 0 saturated carbocycles. The third-order valence-corrected chi connectivity index (χ3v) is 3.12. The summed E-state index contributed by atoms with van der Waals surface area (Å²) in [6, 6.07) is 6.53. The minimum absolute atomic E-state index is 0.0996. The Hall–Kier alpha value is -1.46. The molecule has 1 N–H and O–H groups in total. The minimum Gasteiger partial charge on any atom is -0.378 e. The van der Waals surface area contributed by atoms with Gasteiger partial charge in [-0.05, 0) is 30.7 Å². The molecule has 1 aromatic rings. The normalized spacial score (nSPS) is 15.5. The molecule has 1 amide bonds. The summed E-state index contributed by atoms with van der Waals surface area (Å²) in [5, 5.41) is 3.10. The van der Waals surface area contributed by atoms with Crippen LogP contribution in [0.2, 0.25) is 0 Å². The minimum atomic E-state index is -0.220. The number of benzene rings is 1. The van der Waals surface area contributed by atoms with Crippen LogP contribution in [0, 0.1) is 5.82 Å². The quantitative estimate of drug-likeness (QED) is 0.802. The number of halogens is 1. The van der Waals surface area contributed by atoms with Gasteiger partial charge in [-0.3, -0.25) is 4.79 Å². The number of amides is 1. The van der Waals surface area contributed by atoms with Gasteiger partial charge in [-0.25, -0.2) is 4.39 Å². The lowest BCUT2D eigenvalue weighted by molar-refractivity contribution is -0.134. The summed E-state index contributed by atoms with van der Waals surface area (Å²) in [4.78, 5) is 13.6. The number of morpholine rings is 1. The molecule has 0 radical (unpaired) electrons. The van der Waals surface area contributed by atoms with Crippen LogP contribution < -0.4 is 5.32 Å². The summed E-state index contributed by atoms with van der Waals surface area (Å²) in [5.74, 6) is -0.121. The molecule has 4 nitrogen and oxygen atoms in total. The molecule has 104 valence electrons. The highest BCUT2D eigenvalue weighted by atomic mass is 19.1. The Morgan fingerprint density at radius 2 is 2.16 bits per heavy atom. The molecular formula is C14H19FN2O2. The number of hydrogen-bond acceptors (Lipinski definition) is 3. The number of rotatable bonds is 5. The Labute approximate surface area is 112 Å².